The zero-order valence-corrected chi connectivity index (χ0v) is 19.7. The minimum atomic E-state index is -0.842. The molecule has 0 bridgehead atoms. The predicted molar refractivity (Wildman–Crippen MR) is 130 cm³/mol. The summed E-state index contributed by atoms with van der Waals surface area (Å²) in [4.78, 5) is 27.9. The van der Waals surface area contributed by atoms with Crippen molar-refractivity contribution in [1.82, 2.24) is 0 Å². The molecule has 1 aliphatic rings. The molecule has 1 unspecified atom stereocenters. The quantitative estimate of drug-likeness (QED) is 0.271. The second-order valence-electron chi connectivity index (χ2n) is 7.81. The fourth-order valence-electron chi connectivity index (χ4n) is 4.10. The van der Waals surface area contributed by atoms with Crippen LogP contribution in [-0.2, 0) is 9.59 Å². The monoisotopic (exact) mass is 481 g/mol. The van der Waals surface area contributed by atoms with Gasteiger partial charge in [0.05, 0.1) is 28.8 Å². The minimum Gasteiger partial charge on any atom is -0.507 e. The Labute approximate surface area is 201 Å². The van der Waals surface area contributed by atoms with E-state index in [0.717, 1.165) is 16.7 Å². The molecule has 168 valence electrons. The number of carbonyl (C=O) groups excluding carboxylic acids is 2. The molecule has 1 heterocycles. The van der Waals surface area contributed by atoms with Gasteiger partial charge >= 0.3 is 0 Å². The Morgan fingerprint density at radius 3 is 2.30 bits per heavy atom. The molecule has 1 amide bonds. The molecule has 0 spiro atoms. The summed E-state index contributed by atoms with van der Waals surface area (Å²) in [6.07, 6.45) is 0. The van der Waals surface area contributed by atoms with Crippen LogP contribution >= 0.6 is 23.2 Å². The summed E-state index contributed by atoms with van der Waals surface area (Å²) < 4.78 is 5.30. The number of amides is 1. The Kier molecular flexibility index (Phi) is 6.19. The molecule has 5 nitrogen and oxygen atoms in total. The number of aryl methyl sites for hydroxylation is 2. The summed E-state index contributed by atoms with van der Waals surface area (Å²) in [5.41, 5.74) is 3.20. The third kappa shape index (κ3) is 3.99. The first kappa shape index (κ1) is 22.9. The number of methoxy groups -OCH3 is 1. The van der Waals surface area contributed by atoms with Crippen molar-refractivity contribution >= 4 is 46.3 Å². The Morgan fingerprint density at radius 2 is 1.67 bits per heavy atom. The number of anilines is 1. The van der Waals surface area contributed by atoms with Gasteiger partial charge in [-0.15, -0.1) is 0 Å². The number of halogens is 2. The molecule has 1 fully saturated rings. The summed E-state index contributed by atoms with van der Waals surface area (Å²) in [6.45, 7) is 3.73. The van der Waals surface area contributed by atoms with Crippen LogP contribution < -0.4 is 9.64 Å². The Hall–Kier alpha value is -3.28. The van der Waals surface area contributed by atoms with E-state index in [9.17, 15) is 14.7 Å². The van der Waals surface area contributed by atoms with Gasteiger partial charge in [0.25, 0.3) is 11.7 Å². The highest BCUT2D eigenvalue weighted by atomic mass is 35.5. The highest BCUT2D eigenvalue weighted by molar-refractivity contribution is 6.52. The molecular formula is C26H21Cl2NO4. The fraction of sp³-hybridized carbons (Fsp3) is 0.154. The van der Waals surface area contributed by atoms with Gasteiger partial charge in [0.2, 0.25) is 0 Å². The van der Waals surface area contributed by atoms with Crippen molar-refractivity contribution in [2.75, 3.05) is 12.0 Å². The van der Waals surface area contributed by atoms with Crippen LogP contribution in [0.5, 0.6) is 5.75 Å². The zero-order chi connectivity index (χ0) is 23.9. The van der Waals surface area contributed by atoms with Gasteiger partial charge in [-0.25, -0.2) is 0 Å². The van der Waals surface area contributed by atoms with Crippen LogP contribution in [0.25, 0.3) is 5.76 Å². The molecular weight excluding hydrogens is 461 g/mol. The van der Waals surface area contributed by atoms with Crippen LogP contribution in [0.2, 0.25) is 10.0 Å². The van der Waals surface area contributed by atoms with E-state index in [1.165, 1.54) is 11.0 Å². The SMILES string of the molecule is COc1ccc(/C(O)=C2\C(=O)C(=O)N(c3ccc(Cl)c(Cl)c3)C2c2ccccc2C)cc1C. The molecule has 1 aliphatic heterocycles. The fourth-order valence-corrected chi connectivity index (χ4v) is 4.40. The Balaban J connectivity index is 1.97. The summed E-state index contributed by atoms with van der Waals surface area (Å²) in [6, 6.07) is 16.4. The summed E-state index contributed by atoms with van der Waals surface area (Å²) in [5, 5.41) is 11.9. The van der Waals surface area contributed by atoms with Crippen molar-refractivity contribution in [2.24, 2.45) is 0 Å². The molecule has 4 rings (SSSR count). The third-order valence-electron chi connectivity index (χ3n) is 5.78. The van der Waals surface area contributed by atoms with Crippen molar-refractivity contribution in [2.45, 2.75) is 19.9 Å². The predicted octanol–water partition coefficient (Wildman–Crippen LogP) is 6.25. The molecule has 7 heteroatoms. The molecule has 1 saturated heterocycles. The molecule has 0 saturated carbocycles. The van der Waals surface area contributed by atoms with E-state index < -0.39 is 17.7 Å². The topological polar surface area (TPSA) is 66.8 Å². The lowest BCUT2D eigenvalue weighted by molar-refractivity contribution is -0.132. The maximum atomic E-state index is 13.3. The van der Waals surface area contributed by atoms with Gasteiger partial charge in [0.15, 0.2) is 0 Å². The van der Waals surface area contributed by atoms with Crippen molar-refractivity contribution in [3.63, 3.8) is 0 Å². The van der Waals surface area contributed by atoms with E-state index in [1.54, 1.807) is 37.4 Å². The lowest BCUT2D eigenvalue weighted by atomic mass is 9.92. The van der Waals surface area contributed by atoms with E-state index >= 15 is 0 Å². The van der Waals surface area contributed by atoms with Gasteiger partial charge in [-0.2, -0.15) is 0 Å². The van der Waals surface area contributed by atoms with E-state index in [0.29, 0.717) is 22.0 Å². The summed E-state index contributed by atoms with van der Waals surface area (Å²) >= 11 is 12.3. The molecule has 3 aromatic carbocycles. The van der Waals surface area contributed by atoms with Gasteiger partial charge in [0, 0.05) is 11.3 Å². The average molecular weight is 482 g/mol. The summed E-state index contributed by atoms with van der Waals surface area (Å²) in [7, 11) is 1.56. The van der Waals surface area contributed by atoms with Crippen molar-refractivity contribution < 1.29 is 19.4 Å². The Morgan fingerprint density at radius 1 is 0.939 bits per heavy atom. The van der Waals surface area contributed by atoms with Crippen molar-refractivity contribution in [1.29, 1.82) is 0 Å². The molecule has 3 aromatic rings. The number of hydrogen-bond donors (Lipinski definition) is 1. The molecule has 0 aliphatic carbocycles. The largest absolute Gasteiger partial charge is 0.507 e. The van der Waals surface area contributed by atoms with Gasteiger partial charge in [-0.05, 0) is 66.9 Å². The van der Waals surface area contributed by atoms with Gasteiger partial charge in [-0.1, -0.05) is 47.5 Å². The lowest BCUT2D eigenvalue weighted by Crippen LogP contribution is -2.29. The van der Waals surface area contributed by atoms with Crippen LogP contribution in [0, 0.1) is 13.8 Å². The number of aliphatic hydroxyl groups is 1. The van der Waals surface area contributed by atoms with Crippen LogP contribution in [0.15, 0.2) is 66.2 Å². The number of Topliss-reactive ketones (excluding diaryl/α,β-unsaturated/α-hetero) is 1. The normalized spacial score (nSPS) is 17.5. The number of ether oxygens (including phenoxy) is 1. The summed E-state index contributed by atoms with van der Waals surface area (Å²) in [5.74, 6) is -1.14. The molecule has 0 radical (unpaired) electrons. The van der Waals surface area contributed by atoms with E-state index in [4.69, 9.17) is 27.9 Å². The molecule has 0 aromatic heterocycles. The number of rotatable bonds is 4. The van der Waals surface area contributed by atoms with Crippen LogP contribution in [0.4, 0.5) is 5.69 Å². The maximum Gasteiger partial charge on any atom is 0.300 e. The third-order valence-corrected chi connectivity index (χ3v) is 6.52. The first-order valence-electron chi connectivity index (χ1n) is 10.2. The second-order valence-corrected chi connectivity index (χ2v) is 8.62. The molecule has 33 heavy (non-hydrogen) atoms. The number of hydrogen-bond acceptors (Lipinski definition) is 4. The number of aliphatic hydroxyl groups excluding tert-OH is 1. The lowest BCUT2D eigenvalue weighted by Gasteiger charge is -2.27. The highest BCUT2D eigenvalue weighted by Crippen LogP contribution is 2.44. The average Bonchev–Trinajstić information content (AvgIpc) is 3.06. The van der Waals surface area contributed by atoms with Gasteiger partial charge in [0.1, 0.15) is 11.5 Å². The second kappa shape index (κ2) is 8.93. The van der Waals surface area contributed by atoms with E-state index in [-0.39, 0.29) is 16.4 Å². The standard InChI is InChI=1S/C26H21Cl2NO4/c1-14-6-4-5-7-18(14)23-22(24(30)16-8-11-21(33-3)15(2)12-16)25(31)26(32)29(23)17-9-10-19(27)20(28)13-17/h4-13,23,30H,1-3H3/b24-22+. The van der Waals surface area contributed by atoms with Crippen LogP contribution in [0.3, 0.4) is 0 Å². The number of ketones is 1. The highest BCUT2D eigenvalue weighted by Gasteiger charge is 2.47. The first-order valence-corrected chi connectivity index (χ1v) is 11.0. The number of benzene rings is 3. The van der Waals surface area contributed by atoms with Crippen LogP contribution in [0.1, 0.15) is 28.3 Å². The maximum absolute atomic E-state index is 13.3. The first-order chi connectivity index (χ1) is 15.7. The molecule has 1 N–H and O–H groups in total. The smallest absolute Gasteiger partial charge is 0.300 e. The zero-order valence-electron chi connectivity index (χ0n) is 18.2. The minimum absolute atomic E-state index is 0.00457. The van der Waals surface area contributed by atoms with Gasteiger partial charge in [-0.3, -0.25) is 14.5 Å². The molecule has 1 atom stereocenters. The van der Waals surface area contributed by atoms with Gasteiger partial charge < -0.3 is 9.84 Å². The number of nitrogens with zero attached hydrogens (tertiary/aromatic N) is 1. The van der Waals surface area contributed by atoms with Crippen LogP contribution in [-0.4, -0.2) is 23.9 Å². The van der Waals surface area contributed by atoms with Crippen molar-refractivity contribution in [3.8, 4) is 5.75 Å². The van der Waals surface area contributed by atoms with Crippen molar-refractivity contribution in [3.05, 3.63) is 98.5 Å². The van der Waals surface area contributed by atoms with E-state index in [1.807, 2.05) is 38.1 Å². The number of carbonyl (C=O) groups is 2. The Bertz CT molecular complexity index is 1320. The van der Waals surface area contributed by atoms with E-state index in [2.05, 4.69) is 0 Å².